The molecule has 0 radical (unpaired) electrons. The molecule has 45 heavy (non-hydrogen) atoms. The van der Waals surface area contributed by atoms with E-state index in [0.29, 0.717) is 23.4 Å². The first kappa shape index (κ1) is 26.9. The molecule has 2 aliphatic rings. The topological polar surface area (TPSA) is 54.8 Å². The van der Waals surface area contributed by atoms with Crippen molar-refractivity contribution in [2.75, 3.05) is 4.90 Å². The van der Waals surface area contributed by atoms with E-state index in [-0.39, 0.29) is 6.04 Å². The minimum absolute atomic E-state index is 0.194. The molecule has 0 spiro atoms. The number of pyridine rings is 1. The van der Waals surface area contributed by atoms with Crippen LogP contribution in [0.3, 0.4) is 0 Å². The van der Waals surface area contributed by atoms with Crippen molar-refractivity contribution < 1.29 is 0 Å². The zero-order valence-electron chi connectivity index (χ0n) is 25.2. The van der Waals surface area contributed by atoms with Crippen LogP contribution in [0.2, 0.25) is 0 Å². The van der Waals surface area contributed by atoms with Gasteiger partial charge in [0.15, 0.2) is 17.5 Å². The SMILES string of the molecule is CC1=CC2c3cc(C)ccc3N(c3ccc(-c4nc(-c5ccccc5)nc(-c5ccccc5)n4)c(-c4ccccn4)c3)C2C=C1. The highest BCUT2D eigenvalue weighted by Crippen LogP contribution is 2.49. The summed E-state index contributed by atoms with van der Waals surface area (Å²) in [6.45, 7) is 4.35. The quantitative estimate of drug-likeness (QED) is 0.203. The Balaban J connectivity index is 1.33. The Bertz CT molecular complexity index is 2030. The maximum Gasteiger partial charge on any atom is 0.164 e. The number of hydrogen-bond acceptors (Lipinski definition) is 5. The Morgan fingerprint density at radius 2 is 1.31 bits per heavy atom. The fraction of sp³-hybridized carbons (Fsp3) is 0.100. The molecule has 2 atom stereocenters. The number of hydrogen-bond donors (Lipinski definition) is 0. The molecule has 0 fully saturated rings. The van der Waals surface area contributed by atoms with Crippen molar-refractivity contribution in [3.63, 3.8) is 0 Å². The number of nitrogens with zero attached hydrogens (tertiary/aromatic N) is 5. The third-order valence-corrected chi connectivity index (χ3v) is 8.63. The number of aryl methyl sites for hydroxylation is 1. The van der Waals surface area contributed by atoms with Gasteiger partial charge in [0, 0.05) is 45.7 Å². The van der Waals surface area contributed by atoms with Crippen molar-refractivity contribution in [1.29, 1.82) is 0 Å². The van der Waals surface area contributed by atoms with Crippen LogP contribution < -0.4 is 4.90 Å². The van der Waals surface area contributed by atoms with Crippen molar-refractivity contribution in [3.8, 4) is 45.4 Å². The largest absolute Gasteiger partial charge is 0.333 e. The molecular formula is C40H31N5. The average molecular weight is 582 g/mol. The Hall–Kier alpha value is -5.68. The lowest BCUT2D eigenvalue weighted by Gasteiger charge is -2.30. The van der Waals surface area contributed by atoms with Crippen LogP contribution in [0.5, 0.6) is 0 Å². The zero-order chi connectivity index (χ0) is 30.3. The van der Waals surface area contributed by atoms with Gasteiger partial charge in [-0.1, -0.05) is 108 Å². The van der Waals surface area contributed by atoms with Gasteiger partial charge in [0.25, 0.3) is 0 Å². The number of fused-ring (bicyclic) bond motifs is 3. The Labute approximate surface area is 263 Å². The summed E-state index contributed by atoms with van der Waals surface area (Å²) >= 11 is 0. The molecule has 6 aromatic rings. The van der Waals surface area contributed by atoms with Crippen LogP contribution in [-0.2, 0) is 0 Å². The van der Waals surface area contributed by atoms with Crippen LogP contribution in [0.25, 0.3) is 45.4 Å². The number of allylic oxidation sites excluding steroid dienone is 2. The Morgan fingerprint density at radius 3 is 2.00 bits per heavy atom. The summed E-state index contributed by atoms with van der Waals surface area (Å²) in [5.41, 5.74) is 10.9. The fourth-order valence-corrected chi connectivity index (χ4v) is 6.50. The molecule has 216 valence electrons. The maximum absolute atomic E-state index is 5.05. The minimum Gasteiger partial charge on any atom is -0.333 e. The molecular weight excluding hydrogens is 550 g/mol. The molecule has 2 aromatic heterocycles. The monoisotopic (exact) mass is 581 g/mol. The summed E-state index contributed by atoms with van der Waals surface area (Å²) in [5, 5.41) is 0. The van der Waals surface area contributed by atoms with Gasteiger partial charge in [0.05, 0.1) is 11.7 Å². The second-order valence-corrected chi connectivity index (χ2v) is 11.7. The first-order chi connectivity index (χ1) is 22.1. The van der Waals surface area contributed by atoms with Crippen LogP contribution in [0.15, 0.2) is 145 Å². The molecule has 1 aliphatic carbocycles. The highest BCUT2D eigenvalue weighted by atomic mass is 15.2. The van der Waals surface area contributed by atoms with Crippen molar-refractivity contribution in [3.05, 3.63) is 156 Å². The molecule has 2 unspecified atom stereocenters. The maximum atomic E-state index is 5.05. The number of rotatable bonds is 5. The van der Waals surface area contributed by atoms with E-state index >= 15 is 0 Å². The highest BCUT2D eigenvalue weighted by Gasteiger charge is 2.38. The number of benzene rings is 4. The molecule has 0 saturated carbocycles. The van der Waals surface area contributed by atoms with Gasteiger partial charge in [0.2, 0.25) is 0 Å². The first-order valence-electron chi connectivity index (χ1n) is 15.3. The lowest BCUT2D eigenvalue weighted by atomic mass is 9.88. The fourth-order valence-electron chi connectivity index (χ4n) is 6.50. The molecule has 8 rings (SSSR count). The van der Waals surface area contributed by atoms with Gasteiger partial charge in [-0.3, -0.25) is 4.98 Å². The van der Waals surface area contributed by atoms with Crippen LogP contribution in [0.1, 0.15) is 24.0 Å². The number of anilines is 2. The normalized spacial score (nSPS) is 16.7. The minimum atomic E-state index is 0.194. The zero-order valence-corrected chi connectivity index (χ0v) is 25.2. The number of aromatic nitrogens is 4. The van der Waals surface area contributed by atoms with Gasteiger partial charge in [-0.05, 0) is 55.8 Å². The first-order valence-corrected chi connectivity index (χ1v) is 15.3. The summed E-state index contributed by atoms with van der Waals surface area (Å²) in [4.78, 5) is 22.3. The van der Waals surface area contributed by atoms with Crippen LogP contribution >= 0.6 is 0 Å². The third kappa shape index (κ3) is 4.92. The van der Waals surface area contributed by atoms with Gasteiger partial charge >= 0.3 is 0 Å². The van der Waals surface area contributed by atoms with Gasteiger partial charge in [-0.15, -0.1) is 0 Å². The standard InChI is InChI=1S/C40H31N5/c1-26-16-20-36-33(23-26)34-24-27(2)17-21-37(34)45(36)30-18-19-31(32(25-30)35-15-9-10-22-41-35)40-43-38(28-11-5-3-6-12-28)42-39(44-40)29-13-7-4-8-14-29/h3-25,33,36H,1-2H3. The summed E-state index contributed by atoms with van der Waals surface area (Å²) < 4.78 is 0. The molecule has 0 saturated heterocycles. The highest BCUT2D eigenvalue weighted by molar-refractivity contribution is 5.86. The molecule has 1 aliphatic heterocycles. The third-order valence-electron chi connectivity index (χ3n) is 8.63. The van der Waals surface area contributed by atoms with E-state index in [1.54, 1.807) is 0 Å². The van der Waals surface area contributed by atoms with E-state index in [9.17, 15) is 0 Å². The van der Waals surface area contributed by atoms with Crippen LogP contribution in [0.4, 0.5) is 11.4 Å². The summed E-state index contributed by atoms with van der Waals surface area (Å²) in [7, 11) is 0. The lowest BCUT2D eigenvalue weighted by Crippen LogP contribution is -2.29. The van der Waals surface area contributed by atoms with E-state index in [1.807, 2.05) is 79.0 Å². The van der Waals surface area contributed by atoms with Crippen molar-refractivity contribution in [2.45, 2.75) is 25.8 Å². The van der Waals surface area contributed by atoms with Gasteiger partial charge in [-0.2, -0.15) is 0 Å². The molecule has 0 bridgehead atoms. The summed E-state index contributed by atoms with van der Waals surface area (Å²) in [6, 6.07) is 39.8. The molecule has 3 heterocycles. The van der Waals surface area contributed by atoms with Crippen LogP contribution in [0, 0.1) is 6.92 Å². The average Bonchev–Trinajstić information content (AvgIpc) is 3.41. The summed E-state index contributed by atoms with van der Waals surface area (Å²) in [6.07, 6.45) is 8.82. The lowest BCUT2D eigenvalue weighted by molar-refractivity contribution is 0.738. The Kier molecular flexibility index (Phi) is 6.64. The van der Waals surface area contributed by atoms with E-state index < -0.39 is 0 Å². The second kappa shape index (κ2) is 11.1. The molecule has 0 N–H and O–H groups in total. The summed E-state index contributed by atoms with van der Waals surface area (Å²) in [5.74, 6) is 2.18. The predicted molar refractivity (Wildman–Crippen MR) is 182 cm³/mol. The molecule has 5 heteroatoms. The smallest absolute Gasteiger partial charge is 0.164 e. The van der Waals surface area contributed by atoms with Crippen molar-refractivity contribution in [2.24, 2.45) is 0 Å². The Morgan fingerprint density at radius 1 is 0.622 bits per heavy atom. The van der Waals surface area contributed by atoms with Gasteiger partial charge in [-0.25, -0.2) is 15.0 Å². The van der Waals surface area contributed by atoms with Crippen molar-refractivity contribution in [1.82, 2.24) is 19.9 Å². The molecule has 4 aromatic carbocycles. The molecule has 0 amide bonds. The van der Waals surface area contributed by atoms with Crippen molar-refractivity contribution >= 4 is 11.4 Å². The van der Waals surface area contributed by atoms with Gasteiger partial charge < -0.3 is 4.90 Å². The van der Waals surface area contributed by atoms with E-state index in [1.165, 1.54) is 22.4 Å². The van der Waals surface area contributed by atoms with Gasteiger partial charge in [0.1, 0.15) is 0 Å². The van der Waals surface area contributed by atoms with E-state index in [0.717, 1.165) is 33.6 Å². The van der Waals surface area contributed by atoms with E-state index in [2.05, 4.69) is 79.4 Å². The predicted octanol–water partition coefficient (Wildman–Crippen LogP) is 9.36. The van der Waals surface area contributed by atoms with Crippen LogP contribution in [-0.4, -0.2) is 26.0 Å². The second-order valence-electron chi connectivity index (χ2n) is 11.7. The van der Waals surface area contributed by atoms with E-state index in [4.69, 9.17) is 19.9 Å². The molecule has 5 nitrogen and oxygen atoms in total.